The van der Waals surface area contributed by atoms with Crippen molar-refractivity contribution >= 4 is 10.0 Å². The zero-order valence-electron chi connectivity index (χ0n) is 8.90. The second-order valence-corrected chi connectivity index (χ2v) is 5.67. The van der Waals surface area contributed by atoms with Gasteiger partial charge < -0.3 is 0 Å². The summed E-state index contributed by atoms with van der Waals surface area (Å²) in [5.41, 5.74) is 1.15. The summed E-state index contributed by atoms with van der Waals surface area (Å²) in [5, 5.41) is 9.35. The van der Waals surface area contributed by atoms with Crippen LogP contribution in [0.5, 0.6) is 0 Å². The molecule has 2 N–H and O–H groups in total. The van der Waals surface area contributed by atoms with Crippen LogP contribution in [0.3, 0.4) is 0 Å². The Balaban J connectivity index is 2.42. The first kappa shape index (κ1) is 10.6. The van der Waals surface area contributed by atoms with E-state index >= 15 is 0 Å². The molecule has 6 heteroatoms. The predicted octanol–water partition coefficient (Wildman–Crippen LogP) is 0.557. The third-order valence-corrected chi connectivity index (χ3v) is 3.89. The number of hydrogen-bond donors (Lipinski definition) is 1. The predicted molar refractivity (Wildman–Crippen MR) is 55.8 cm³/mol. The summed E-state index contributed by atoms with van der Waals surface area (Å²) in [6, 6.07) is 0. The highest BCUT2D eigenvalue weighted by Gasteiger charge is 2.26. The maximum Gasteiger partial charge on any atom is 0.241 e. The number of sulfonamides is 1. The van der Waals surface area contributed by atoms with Crippen LogP contribution in [0.2, 0.25) is 0 Å². The van der Waals surface area contributed by atoms with E-state index in [1.54, 1.807) is 18.5 Å². The Morgan fingerprint density at radius 2 is 2.07 bits per heavy atom. The lowest BCUT2D eigenvalue weighted by Gasteiger charge is -2.02. The normalized spacial score (nSPS) is 17.0. The molecule has 0 aromatic carbocycles. The van der Waals surface area contributed by atoms with Crippen molar-refractivity contribution in [2.45, 2.75) is 38.1 Å². The Morgan fingerprint density at radius 3 is 2.47 bits per heavy atom. The molecule has 1 heterocycles. The molecule has 2 rings (SSSR count). The van der Waals surface area contributed by atoms with E-state index < -0.39 is 10.0 Å². The first-order chi connectivity index (χ1) is 6.89. The van der Waals surface area contributed by atoms with Crippen LogP contribution in [0.25, 0.3) is 0 Å². The standard InChI is InChI=1S/C9H15N3O2S/c1-6-9(15(10,13)14)7(2)12(11-6)5-8-3-4-8/h8H,3-5H2,1-2H3,(H2,10,13,14). The molecule has 1 saturated carbocycles. The molecule has 0 radical (unpaired) electrons. The van der Waals surface area contributed by atoms with E-state index in [-0.39, 0.29) is 4.90 Å². The van der Waals surface area contributed by atoms with Crippen LogP contribution in [0, 0.1) is 19.8 Å². The molecular formula is C9H15N3O2S. The van der Waals surface area contributed by atoms with Gasteiger partial charge in [0.25, 0.3) is 0 Å². The van der Waals surface area contributed by atoms with Gasteiger partial charge in [-0.15, -0.1) is 0 Å². The average Bonchev–Trinajstić information content (AvgIpc) is 2.79. The Kier molecular flexibility index (Phi) is 2.35. The lowest BCUT2D eigenvalue weighted by molar-refractivity contribution is 0.544. The maximum atomic E-state index is 11.3. The lowest BCUT2D eigenvalue weighted by Crippen LogP contribution is -2.14. The van der Waals surface area contributed by atoms with Crippen LogP contribution in [-0.2, 0) is 16.6 Å². The van der Waals surface area contributed by atoms with Crippen molar-refractivity contribution in [1.82, 2.24) is 9.78 Å². The molecule has 1 aliphatic carbocycles. The van der Waals surface area contributed by atoms with Gasteiger partial charge >= 0.3 is 0 Å². The van der Waals surface area contributed by atoms with Gasteiger partial charge in [0.1, 0.15) is 4.90 Å². The molecule has 5 nitrogen and oxygen atoms in total. The molecule has 1 aromatic rings. The molecule has 0 atom stereocenters. The zero-order chi connectivity index (χ0) is 11.2. The highest BCUT2D eigenvalue weighted by atomic mass is 32.2. The number of aromatic nitrogens is 2. The second kappa shape index (κ2) is 3.31. The van der Waals surface area contributed by atoms with Gasteiger partial charge in [-0.1, -0.05) is 0 Å². The number of aryl methyl sites for hydroxylation is 1. The highest BCUT2D eigenvalue weighted by molar-refractivity contribution is 7.89. The van der Waals surface area contributed by atoms with Gasteiger partial charge in [0.2, 0.25) is 10.0 Å². The van der Waals surface area contributed by atoms with Gasteiger partial charge in [0.15, 0.2) is 0 Å². The van der Waals surface area contributed by atoms with Crippen LogP contribution in [0.1, 0.15) is 24.2 Å². The second-order valence-electron chi connectivity index (χ2n) is 4.17. The van der Waals surface area contributed by atoms with Gasteiger partial charge in [-0.2, -0.15) is 5.10 Å². The Labute approximate surface area is 89.3 Å². The van der Waals surface area contributed by atoms with Crippen molar-refractivity contribution in [1.29, 1.82) is 0 Å². The number of nitrogens with zero attached hydrogens (tertiary/aromatic N) is 2. The van der Waals surface area contributed by atoms with E-state index in [9.17, 15) is 8.42 Å². The van der Waals surface area contributed by atoms with Gasteiger partial charge in [-0.25, -0.2) is 13.6 Å². The monoisotopic (exact) mass is 229 g/mol. The minimum absolute atomic E-state index is 0.183. The van der Waals surface area contributed by atoms with E-state index in [1.165, 1.54) is 12.8 Å². The molecule has 0 amide bonds. The summed E-state index contributed by atoms with van der Waals surface area (Å²) in [6.45, 7) is 4.24. The molecule has 0 unspecified atom stereocenters. The lowest BCUT2D eigenvalue weighted by atomic mass is 10.4. The molecule has 0 spiro atoms. The topological polar surface area (TPSA) is 78.0 Å². The minimum atomic E-state index is -3.64. The quantitative estimate of drug-likeness (QED) is 0.822. The summed E-state index contributed by atoms with van der Waals surface area (Å²) in [7, 11) is -3.64. The van der Waals surface area contributed by atoms with Crippen LogP contribution >= 0.6 is 0 Å². The third kappa shape index (κ3) is 2.05. The molecular weight excluding hydrogens is 214 g/mol. The van der Waals surface area contributed by atoms with Crippen molar-refractivity contribution < 1.29 is 8.42 Å². The van der Waals surface area contributed by atoms with Crippen molar-refractivity contribution in [2.75, 3.05) is 0 Å². The largest absolute Gasteiger partial charge is 0.268 e. The molecule has 0 saturated heterocycles. The summed E-state index contributed by atoms with van der Waals surface area (Å²) in [5.74, 6) is 0.663. The maximum absolute atomic E-state index is 11.3. The third-order valence-electron chi connectivity index (χ3n) is 2.73. The fraction of sp³-hybridized carbons (Fsp3) is 0.667. The summed E-state index contributed by atoms with van der Waals surface area (Å²) in [4.78, 5) is 0.183. The fourth-order valence-electron chi connectivity index (χ4n) is 1.82. The molecule has 1 fully saturated rings. The van der Waals surface area contributed by atoms with E-state index in [1.807, 2.05) is 0 Å². The SMILES string of the molecule is Cc1nn(CC2CC2)c(C)c1S(N)(=O)=O. The molecule has 1 aromatic heterocycles. The molecule has 84 valence electrons. The van der Waals surface area contributed by atoms with Gasteiger partial charge in [-0.05, 0) is 32.6 Å². The molecule has 15 heavy (non-hydrogen) atoms. The van der Waals surface area contributed by atoms with E-state index in [0.717, 1.165) is 6.54 Å². The average molecular weight is 229 g/mol. The van der Waals surface area contributed by atoms with E-state index in [4.69, 9.17) is 5.14 Å². The Morgan fingerprint density at radius 1 is 1.47 bits per heavy atom. The van der Waals surface area contributed by atoms with Crippen LogP contribution in [0.15, 0.2) is 4.90 Å². The first-order valence-electron chi connectivity index (χ1n) is 4.96. The van der Waals surface area contributed by atoms with Crippen LogP contribution in [0.4, 0.5) is 0 Å². The zero-order valence-corrected chi connectivity index (χ0v) is 9.71. The molecule has 1 aliphatic rings. The van der Waals surface area contributed by atoms with Gasteiger partial charge in [0, 0.05) is 6.54 Å². The van der Waals surface area contributed by atoms with E-state index in [0.29, 0.717) is 17.3 Å². The number of nitrogens with two attached hydrogens (primary N) is 1. The summed E-state index contributed by atoms with van der Waals surface area (Å²) >= 11 is 0. The first-order valence-corrected chi connectivity index (χ1v) is 6.51. The summed E-state index contributed by atoms with van der Waals surface area (Å²) < 4.78 is 24.4. The van der Waals surface area contributed by atoms with Gasteiger partial charge in [-0.3, -0.25) is 4.68 Å². The number of hydrogen-bond acceptors (Lipinski definition) is 3. The molecule has 0 bridgehead atoms. The van der Waals surface area contributed by atoms with Gasteiger partial charge in [0.05, 0.1) is 11.4 Å². The van der Waals surface area contributed by atoms with Crippen molar-refractivity contribution in [2.24, 2.45) is 11.1 Å². The van der Waals surface area contributed by atoms with Crippen molar-refractivity contribution in [3.63, 3.8) is 0 Å². The van der Waals surface area contributed by atoms with Crippen molar-refractivity contribution in [3.8, 4) is 0 Å². The number of primary sulfonamides is 1. The van der Waals surface area contributed by atoms with Crippen LogP contribution < -0.4 is 5.14 Å². The minimum Gasteiger partial charge on any atom is -0.268 e. The highest BCUT2D eigenvalue weighted by Crippen LogP contribution is 2.31. The molecule has 0 aliphatic heterocycles. The Hall–Kier alpha value is -0.880. The smallest absolute Gasteiger partial charge is 0.241 e. The fourth-order valence-corrected chi connectivity index (χ4v) is 2.78. The summed E-state index contributed by atoms with van der Waals surface area (Å²) in [6.07, 6.45) is 2.42. The van der Waals surface area contributed by atoms with E-state index in [2.05, 4.69) is 5.10 Å². The van der Waals surface area contributed by atoms with Crippen LogP contribution in [-0.4, -0.2) is 18.2 Å². The van der Waals surface area contributed by atoms with Crippen molar-refractivity contribution in [3.05, 3.63) is 11.4 Å². The number of rotatable bonds is 3. The Bertz CT molecular complexity index is 486.